The highest BCUT2D eigenvalue weighted by Crippen LogP contribution is 2.25. The van der Waals surface area contributed by atoms with Gasteiger partial charge in [0.25, 0.3) is 0 Å². The molecule has 2 aromatic rings. The van der Waals surface area contributed by atoms with Gasteiger partial charge in [-0.1, -0.05) is 46.3 Å². The quantitative estimate of drug-likeness (QED) is 0.894. The van der Waals surface area contributed by atoms with Crippen LogP contribution in [0.1, 0.15) is 28.4 Å². The highest BCUT2D eigenvalue weighted by molar-refractivity contribution is 9.10. The van der Waals surface area contributed by atoms with E-state index < -0.39 is 6.10 Å². The third-order valence-electron chi connectivity index (χ3n) is 3.27. The minimum Gasteiger partial charge on any atom is -0.388 e. The molecule has 94 valence electrons. The fraction of sp³-hybridized carbons (Fsp3) is 0.250. The van der Waals surface area contributed by atoms with E-state index in [1.54, 1.807) is 0 Å². The molecule has 0 aromatic heterocycles. The smallest absolute Gasteiger partial charge is 0.0833 e. The average Bonchev–Trinajstić information content (AvgIpc) is 2.32. The van der Waals surface area contributed by atoms with Gasteiger partial charge in [-0.05, 0) is 48.2 Å². The number of benzene rings is 2. The van der Waals surface area contributed by atoms with Gasteiger partial charge in [-0.15, -0.1) is 0 Å². The standard InChI is InChI=1S/C16H17BrO/c1-11-5-3-4-6-13(11)10-16(18)15-8-7-14(17)9-12(15)2/h3-9,16,18H,10H2,1-2H3. The first kappa shape index (κ1) is 13.3. The summed E-state index contributed by atoms with van der Waals surface area (Å²) in [6.07, 6.45) is 0.217. The van der Waals surface area contributed by atoms with Crippen LogP contribution in [-0.4, -0.2) is 5.11 Å². The minimum atomic E-state index is -0.445. The van der Waals surface area contributed by atoms with Crippen LogP contribution in [0.3, 0.4) is 0 Å². The maximum atomic E-state index is 10.4. The monoisotopic (exact) mass is 304 g/mol. The molecule has 2 rings (SSSR count). The molecule has 2 aromatic carbocycles. The van der Waals surface area contributed by atoms with E-state index in [0.717, 1.165) is 15.6 Å². The molecule has 0 aliphatic carbocycles. The van der Waals surface area contributed by atoms with Gasteiger partial charge in [0.1, 0.15) is 0 Å². The zero-order chi connectivity index (χ0) is 13.1. The van der Waals surface area contributed by atoms with Gasteiger partial charge in [0.2, 0.25) is 0 Å². The molecular formula is C16H17BrO. The summed E-state index contributed by atoms with van der Waals surface area (Å²) in [4.78, 5) is 0. The van der Waals surface area contributed by atoms with Crippen molar-refractivity contribution in [2.24, 2.45) is 0 Å². The van der Waals surface area contributed by atoms with Crippen LogP contribution in [0, 0.1) is 13.8 Å². The van der Waals surface area contributed by atoms with Crippen molar-refractivity contribution in [3.63, 3.8) is 0 Å². The van der Waals surface area contributed by atoms with Gasteiger partial charge in [0.15, 0.2) is 0 Å². The molecule has 1 unspecified atom stereocenters. The zero-order valence-electron chi connectivity index (χ0n) is 10.7. The summed E-state index contributed by atoms with van der Waals surface area (Å²) >= 11 is 3.44. The predicted octanol–water partition coefficient (Wildman–Crippen LogP) is 4.34. The summed E-state index contributed by atoms with van der Waals surface area (Å²) in [5, 5.41) is 10.4. The Balaban J connectivity index is 2.22. The van der Waals surface area contributed by atoms with Crippen molar-refractivity contribution < 1.29 is 5.11 Å². The lowest BCUT2D eigenvalue weighted by atomic mass is 9.96. The predicted molar refractivity (Wildman–Crippen MR) is 78.7 cm³/mol. The van der Waals surface area contributed by atoms with Crippen molar-refractivity contribution in [1.82, 2.24) is 0 Å². The Bertz CT molecular complexity index is 549. The number of rotatable bonds is 3. The molecule has 0 saturated heterocycles. The number of aliphatic hydroxyl groups excluding tert-OH is 1. The molecule has 0 fully saturated rings. The summed E-state index contributed by atoms with van der Waals surface area (Å²) in [6.45, 7) is 4.11. The van der Waals surface area contributed by atoms with Gasteiger partial charge in [-0.2, -0.15) is 0 Å². The lowest BCUT2D eigenvalue weighted by molar-refractivity contribution is 0.177. The summed E-state index contributed by atoms with van der Waals surface area (Å²) in [5.41, 5.74) is 4.55. The largest absolute Gasteiger partial charge is 0.388 e. The summed E-state index contributed by atoms with van der Waals surface area (Å²) in [6, 6.07) is 14.2. The average molecular weight is 305 g/mol. The SMILES string of the molecule is Cc1ccccc1CC(O)c1ccc(Br)cc1C. The van der Waals surface area contributed by atoms with Crippen LogP contribution < -0.4 is 0 Å². The van der Waals surface area contributed by atoms with Crippen molar-refractivity contribution in [3.8, 4) is 0 Å². The molecule has 0 aliphatic rings. The molecular weight excluding hydrogens is 288 g/mol. The van der Waals surface area contributed by atoms with Crippen LogP contribution >= 0.6 is 15.9 Å². The second-order valence-corrected chi connectivity index (χ2v) is 5.56. The molecule has 0 amide bonds. The molecule has 0 bridgehead atoms. The summed E-state index contributed by atoms with van der Waals surface area (Å²) in [5.74, 6) is 0. The van der Waals surface area contributed by atoms with E-state index in [9.17, 15) is 5.11 Å². The van der Waals surface area contributed by atoms with E-state index >= 15 is 0 Å². The lowest BCUT2D eigenvalue weighted by Gasteiger charge is -2.15. The fourth-order valence-electron chi connectivity index (χ4n) is 2.17. The van der Waals surface area contributed by atoms with Crippen molar-refractivity contribution in [1.29, 1.82) is 0 Å². The first-order chi connectivity index (χ1) is 8.58. The maximum absolute atomic E-state index is 10.4. The van der Waals surface area contributed by atoms with Crippen LogP contribution in [0.25, 0.3) is 0 Å². The number of aryl methyl sites for hydroxylation is 2. The van der Waals surface area contributed by atoms with Gasteiger partial charge in [0, 0.05) is 10.9 Å². The molecule has 0 saturated carbocycles. The fourth-order valence-corrected chi connectivity index (χ4v) is 2.65. The second kappa shape index (κ2) is 5.68. The van der Waals surface area contributed by atoms with Gasteiger partial charge in [-0.25, -0.2) is 0 Å². The van der Waals surface area contributed by atoms with Crippen molar-refractivity contribution >= 4 is 15.9 Å². The van der Waals surface area contributed by atoms with E-state index in [2.05, 4.69) is 35.0 Å². The Labute approximate surface area is 117 Å². The Hall–Kier alpha value is -1.12. The molecule has 1 nitrogen and oxygen atoms in total. The number of aliphatic hydroxyl groups is 1. The molecule has 0 aliphatic heterocycles. The van der Waals surface area contributed by atoms with Gasteiger partial charge in [-0.3, -0.25) is 0 Å². The molecule has 0 spiro atoms. The van der Waals surface area contributed by atoms with Gasteiger partial charge < -0.3 is 5.11 Å². The summed E-state index contributed by atoms with van der Waals surface area (Å²) < 4.78 is 1.05. The Kier molecular flexibility index (Phi) is 4.20. The van der Waals surface area contributed by atoms with E-state index in [1.807, 2.05) is 37.3 Å². The third kappa shape index (κ3) is 3.01. The minimum absolute atomic E-state index is 0.445. The zero-order valence-corrected chi connectivity index (χ0v) is 12.2. The molecule has 1 N–H and O–H groups in total. The molecule has 0 radical (unpaired) electrons. The van der Waals surface area contributed by atoms with Crippen LogP contribution in [0.15, 0.2) is 46.9 Å². The second-order valence-electron chi connectivity index (χ2n) is 4.65. The van der Waals surface area contributed by atoms with Crippen LogP contribution in [-0.2, 0) is 6.42 Å². The highest BCUT2D eigenvalue weighted by atomic mass is 79.9. The molecule has 18 heavy (non-hydrogen) atoms. The van der Waals surface area contributed by atoms with E-state index in [-0.39, 0.29) is 0 Å². The number of hydrogen-bond acceptors (Lipinski definition) is 1. The molecule has 0 heterocycles. The Morgan fingerprint density at radius 1 is 1.06 bits per heavy atom. The van der Waals surface area contributed by atoms with E-state index in [0.29, 0.717) is 6.42 Å². The third-order valence-corrected chi connectivity index (χ3v) is 3.76. The van der Waals surface area contributed by atoms with Crippen molar-refractivity contribution in [3.05, 3.63) is 69.2 Å². The molecule has 2 heteroatoms. The van der Waals surface area contributed by atoms with E-state index in [4.69, 9.17) is 0 Å². The van der Waals surface area contributed by atoms with Crippen molar-refractivity contribution in [2.45, 2.75) is 26.4 Å². The van der Waals surface area contributed by atoms with Crippen LogP contribution in [0.5, 0.6) is 0 Å². The maximum Gasteiger partial charge on any atom is 0.0833 e. The Morgan fingerprint density at radius 2 is 1.78 bits per heavy atom. The number of halogens is 1. The van der Waals surface area contributed by atoms with Crippen LogP contribution in [0.2, 0.25) is 0 Å². The summed E-state index contributed by atoms with van der Waals surface area (Å²) in [7, 11) is 0. The lowest BCUT2D eigenvalue weighted by Crippen LogP contribution is -2.05. The topological polar surface area (TPSA) is 20.2 Å². The molecule has 1 atom stereocenters. The highest BCUT2D eigenvalue weighted by Gasteiger charge is 2.12. The van der Waals surface area contributed by atoms with E-state index in [1.165, 1.54) is 11.1 Å². The van der Waals surface area contributed by atoms with Crippen molar-refractivity contribution in [2.75, 3.05) is 0 Å². The van der Waals surface area contributed by atoms with Gasteiger partial charge >= 0.3 is 0 Å². The normalized spacial score (nSPS) is 12.4. The first-order valence-corrected chi connectivity index (χ1v) is 6.86. The number of hydrogen-bond donors (Lipinski definition) is 1. The van der Waals surface area contributed by atoms with Crippen LogP contribution in [0.4, 0.5) is 0 Å². The first-order valence-electron chi connectivity index (χ1n) is 6.06. The van der Waals surface area contributed by atoms with Gasteiger partial charge in [0.05, 0.1) is 6.10 Å². The Morgan fingerprint density at radius 3 is 2.44 bits per heavy atom.